The molecule has 0 radical (unpaired) electrons. The highest BCUT2D eigenvalue weighted by atomic mass is 16.5. The van der Waals surface area contributed by atoms with Crippen LogP contribution >= 0.6 is 0 Å². The van der Waals surface area contributed by atoms with Gasteiger partial charge in [-0.2, -0.15) is 0 Å². The summed E-state index contributed by atoms with van der Waals surface area (Å²) in [6, 6.07) is 17.3. The zero-order valence-corrected chi connectivity index (χ0v) is 15.9. The summed E-state index contributed by atoms with van der Waals surface area (Å²) in [5.74, 6) is 1.69. The summed E-state index contributed by atoms with van der Waals surface area (Å²) < 4.78 is 11.3. The SMILES string of the molecule is CC(C)=C[C@H]1[C@@H](C(=O)OCc2ccc(Oc3ccccc3)cc2)C1(C)C. The van der Waals surface area contributed by atoms with Gasteiger partial charge in [0.05, 0.1) is 5.92 Å². The number of benzene rings is 2. The van der Waals surface area contributed by atoms with Crippen LogP contribution in [0, 0.1) is 17.3 Å². The van der Waals surface area contributed by atoms with Gasteiger partial charge in [-0.15, -0.1) is 0 Å². The number of hydrogen-bond acceptors (Lipinski definition) is 3. The fourth-order valence-electron chi connectivity index (χ4n) is 3.32. The summed E-state index contributed by atoms with van der Waals surface area (Å²) in [6.45, 7) is 8.67. The molecule has 1 saturated carbocycles. The third-order valence-corrected chi connectivity index (χ3v) is 4.96. The van der Waals surface area contributed by atoms with E-state index in [0.717, 1.165) is 17.1 Å². The molecular formula is C23H26O3. The maximum absolute atomic E-state index is 12.4. The molecule has 0 amide bonds. The topological polar surface area (TPSA) is 35.5 Å². The monoisotopic (exact) mass is 350 g/mol. The minimum atomic E-state index is -0.109. The van der Waals surface area contributed by atoms with Gasteiger partial charge in [0.2, 0.25) is 0 Å². The Hall–Kier alpha value is -2.55. The van der Waals surface area contributed by atoms with Crippen molar-refractivity contribution in [3.05, 3.63) is 71.8 Å². The van der Waals surface area contributed by atoms with E-state index in [0.29, 0.717) is 6.61 Å². The van der Waals surface area contributed by atoms with E-state index in [1.54, 1.807) is 0 Å². The van der Waals surface area contributed by atoms with Crippen LogP contribution < -0.4 is 4.74 Å². The van der Waals surface area contributed by atoms with E-state index < -0.39 is 0 Å². The number of ether oxygens (including phenoxy) is 2. The first-order chi connectivity index (χ1) is 12.4. The Balaban J connectivity index is 1.54. The molecule has 26 heavy (non-hydrogen) atoms. The minimum Gasteiger partial charge on any atom is -0.461 e. The molecule has 0 heterocycles. The van der Waals surface area contributed by atoms with Crippen LogP contribution in [0.5, 0.6) is 11.5 Å². The van der Waals surface area contributed by atoms with Crippen molar-refractivity contribution in [2.75, 3.05) is 0 Å². The quantitative estimate of drug-likeness (QED) is 0.491. The number of allylic oxidation sites excluding steroid dienone is 2. The van der Waals surface area contributed by atoms with Crippen molar-refractivity contribution in [1.29, 1.82) is 0 Å². The van der Waals surface area contributed by atoms with Gasteiger partial charge in [0.25, 0.3) is 0 Å². The zero-order chi connectivity index (χ0) is 18.7. The molecule has 0 saturated heterocycles. The molecular weight excluding hydrogens is 324 g/mol. The van der Waals surface area contributed by atoms with Crippen LogP contribution in [0.25, 0.3) is 0 Å². The average Bonchev–Trinajstić information content (AvgIpc) is 3.14. The summed E-state index contributed by atoms with van der Waals surface area (Å²) in [7, 11) is 0. The standard InChI is InChI=1S/C23H26O3/c1-16(2)14-20-21(23(20,3)4)22(24)25-15-17-10-12-19(13-11-17)26-18-8-6-5-7-9-18/h5-14,20-21H,15H2,1-4H3/t20-,21-/m0/s1. The fraction of sp³-hybridized carbons (Fsp3) is 0.348. The van der Waals surface area contributed by atoms with Gasteiger partial charge in [-0.1, -0.05) is 55.8 Å². The van der Waals surface area contributed by atoms with Gasteiger partial charge >= 0.3 is 5.97 Å². The molecule has 1 aliphatic rings. The zero-order valence-electron chi connectivity index (χ0n) is 15.9. The molecule has 0 aliphatic heterocycles. The second-order valence-electron chi connectivity index (χ2n) is 7.74. The summed E-state index contributed by atoms with van der Waals surface area (Å²) >= 11 is 0. The summed E-state index contributed by atoms with van der Waals surface area (Å²) in [4.78, 5) is 12.4. The highest BCUT2D eigenvalue weighted by molar-refractivity contribution is 5.78. The van der Waals surface area contributed by atoms with Crippen molar-refractivity contribution in [3.63, 3.8) is 0 Å². The van der Waals surface area contributed by atoms with E-state index in [4.69, 9.17) is 9.47 Å². The van der Waals surface area contributed by atoms with Crippen molar-refractivity contribution in [3.8, 4) is 11.5 Å². The lowest BCUT2D eigenvalue weighted by Gasteiger charge is -2.08. The van der Waals surface area contributed by atoms with Crippen molar-refractivity contribution in [2.45, 2.75) is 34.3 Å². The lowest BCUT2D eigenvalue weighted by Crippen LogP contribution is -2.10. The van der Waals surface area contributed by atoms with E-state index in [-0.39, 0.29) is 23.2 Å². The first-order valence-electron chi connectivity index (χ1n) is 9.01. The summed E-state index contributed by atoms with van der Waals surface area (Å²) in [5, 5.41) is 0. The first-order valence-corrected chi connectivity index (χ1v) is 9.01. The van der Waals surface area contributed by atoms with Crippen LogP contribution in [0.15, 0.2) is 66.2 Å². The number of carbonyl (C=O) groups excluding carboxylic acids is 1. The number of carbonyl (C=O) groups is 1. The first kappa shape index (κ1) is 18.2. The number of para-hydroxylation sites is 1. The van der Waals surface area contributed by atoms with E-state index in [1.165, 1.54) is 5.57 Å². The maximum Gasteiger partial charge on any atom is 0.310 e. The second kappa shape index (κ2) is 7.36. The van der Waals surface area contributed by atoms with Crippen LogP contribution in [0.2, 0.25) is 0 Å². The van der Waals surface area contributed by atoms with E-state index in [9.17, 15) is 4.79 Å². The molecule has 2 aromatic rings. The summed E-state index contributed by atoms with van der Waals surface area (Å²) in [6.07, 6.45) is 2.18. The Kier molecular flexibility index (Phi) is 5.17. The van der Waals surface area contributed by atoms with Gasteiger partial charge in [-0.25, -0.2) is 0 Å². The van der Waals surface area contributed by atoms with Crippen molar-refractivity contribution >= 4 is 5.97 Å². The molecule has 1 fully saturated rings. The molecule has 3 heteroatoms. The van der Waals surface area contributed by atoms with Gasteiger partial charge in [0, 0.05) is 0 Å². The van der Waals surface area contributed by atoms with Gasteiger partial charge in [0.1, 0.15) is 18.1 Å². The number of hydrogen-bond donors (Lipinski definition) is 0. The highest BCUT2D eigenvalue weighted by Crippen LogP contribution is 2.59. The lowest BCUT2D eigenvalue weighted by atomic mass is 10.1. The highest BCUT2D eigenvalue weighted by Gasteiger charge is 2.61. The van der Waals surface area contributed by atoms with Gasteiger partial charge in [0.15, 0.2) is 0 Å². The second-order valence-corrected chi connectivity index (χ2v) is 7.74. The number of esters is 1. The molecule has 1 aliphatic carbocycles. The molecule has 136 valence electrons. The van der Waals surface area contributed by atoms with Gasteiger partial charge in [-0.3, -0.25) is 4.79 Å². The van der Waals surface area contributed by atoms with Crippen LogP contribution in [0.1, 0.15) is 33.3 Å². The van der Waals surface area contributed by atoms with Crippen molar-refractivity contribution in [1.82, 2.24) is 0 Å². The normalized spacial score (nSPS) is 20.2. The Morgan fingerprint density at radius 1 is 1.00 bits per heavy atom. The van der Waals surface area contributed by atoms with Crippen LogP contribution in [-0.2, 0) is 16.1 Å². The minimum absolute atomic E-state index is 0.0122. The molecule has 2 atom stereocenters. The Labute approximate surface area is 155 Å². The van der Waals surface area contributed by atoms with E-state index in [2.05, 4.69) is 33.8 Å². The molecule has 0 bridgehead atoms. The molecule has 3 nitrogen and oxygen atoms in total. The molecule has 0 N–H and O–H groups in total. The molecule has 0 unspecified atom stereocenters. The molecule has 0 spiro atoms. The Bertz CT molecular complexity index is 784. The van der Waals surface area contributed by atoms with Crippen LogP contribution in [0.4, 0.5) is 0 Å². The summed E-state index contributed by atoms with van der Waals surface area (Å²) in [5.41, 5.74) is 2.19. The predicted molar refractivity (Wildman–Crippen MR) is 103 cm³/mol. The Morgan fingerprint density at radius 2 is 1.62 bits per heavy atom. The fourth-order valence-corrected chi connectivity index (χ4v) is 3.32. The largest absolute Gasteiger partial charge is 0.461 e. The molecule has 3 rings (SSSR count). The average molecular weight is 350 g/mol. The Morgan fingerprint density at radius 3 is 2.23 bits per heavy atom. The van der Waals surface area contributed by atoms with Gasteiger partial charge in [-0.05, 0) is 55.0 Å². The maximum atomic E-state index is 12.4. The van der Waals surface area contributed by atoms with Crippen LogP contribution in [0.3, 0.4) is 0 Å². The van der Waals surface area contributed by atoms with Gasteiger partial charge < -0.3 is 9.47 Å². The van der Waals surface area contributed by atoms with Crippen LogP contribution in [-0.4, -0.2) is 5.97 Å². The van der Waals surface area contributed by atoms with E-state index in [1.807, 2.05) is 54.6 Å². The third-order valence-electron chi connectivity index (χ3n) is 4.96. The van der Waals surface area contributed by atoms with E-state index >= 15 is 0 Å². The number of rotatable bonds is 6. The third kappa shape index (κ3) is 4.16. The van der Waals surface area contributed by atoms with Crippen molar-refractivity contribution < 1.29 is 14.3 Å². The van der Waals surface area contributed by atoms with Crippen molar-refractivity contribution in [2.24, 2.45) is 17.3 Å². The smallest absolute Gasteiger partial charge is 0.310 e. The molecule has 2 aromatic carbocycles. The lowest BCUT2D eigenvalue weighted by molar-refractivity contribution is -0.147. The predicted octanol–water partition coefficient (Wildman–Crippen LogP) is 5.76. The molecule has 0 aromatic heterocycles.